The van der Waals surface area contributed by atoms with Crippen LogP contribution in [0.2, 0.25) is 0 Å². The van der Waals surface area contributed by atoms with Gasteiger partial charge in [0.1, 0.15) is 0 Å². The molecule has 0 spiro atoms. The zero-order chi connectivity index (χ0) is 13.7. The molecule has 0 amide bonds. The summed E-state index contributed by atoms with van der Waals surface area (Å²) >= 11 is 0. The summed E-state index contributed by atoms with van der Waals surface area (Å²) in [7, 11) is 0. The van der Waals surface area contributed by atoms with Crippen molar-refractivity contribution in [1.29, 1.82) is 0 Å². The Morgan fingerprint density at radius 3 is 2.95 bits per heavy atom. The molecule has 1 aromatic carbocycles. The Balaban J connectivity index is 2.13. The molecule has 0 unspecified atom stereocenters. The molecule has 3 N–H and O–H groups in total. The van der Waals surface area contributed by atoms with Gasteiger partial charge in [-0.3, -0.25) is 0 Å². The van der Waals surface area contributed by atoms with Crippen LogP contribution in [-0.2, 0) is 11.3 Å². The third-order valence-corrected chi connectivity index (χ3v) is 2.66. The third-order valence-electron chi connectivity index (χ3n) is 2.66. The standard InChI is InChI=1S/C14H16N2O3/c1-2-19-14(17)11-4-3-5-12(13(11)15)16-8-10-6-7-18-9-10/h3-7,9,16H,2,8,15H2,1H3. The molecule has 0 saturated heterocycles. The lowest BCUT2D eigenvalue weighted by atomic mass is 10.1. The van der Waals surface area contributed by atoms with Crippen LogP contribution < -0.4 is 11.1 Å². The summed E-state index contributed by atoms with van der Waals surface area (Å²) in [6.07, 6.45) is 3.26. The number of nitrogen functional groups attached to an aromatic ring is 1. The molecule has 1 heterocycles. The number of carbonyl (C=O) groups is 1. The third kappa shape index (κ3) is 3.07. The van der Waals surface area contributed by atoms with E-state index in [1.807, 2.05) is 12.1 Å². The van der Waals surface area contributed by atoms with Gasteiger partial charge in [-0.25, -0.2) is 4.79 Å². The molecular formula is C14H16N2O3. The zero-order valence-corrected chi connectivity index (χ0v) is 10.7. The Hall–Kier alpha value is -2.43. The van der Waals surface area contributed by atoms with E-state index in [9.17, 15) is 4.79 Å². The van der Waals surface area contributed by atoms with E-state index in [0.29, 0.717) is 30.1 Å². The molecule has 1 aromatic heterocycles. The predicted molar refractivity (Wildman–Crippen MR) is 72.8 cm³/mol. The molecule has 2 aromatic rings. The van der Waals surface area contributed by atoms with Crippen molar-refractivity contribution in [2.45, 2.75) is 13.5 Å². The maximum Gasteiger partial charge on any atom is 0.340 e. The van der Waals surface area contributed by atoms with Crippen LogP contribution in [0.1, 0.15) is 22.8 Å². The number of rotatable bonds is 5. The van der Waals surface area contributed by atoms with Crippen LogP contribution in [-0.4, -0.2) is 12.6 Å². The van der Waals surface area contributed by atoms with Gasteiger partial charge < -0.3 is 20.2 Å². The number of furan rings is 1. The molecule has 0 saturated carbocycles. The summed E-state index contributed by atoms with van der Waals surface area (Å²) in [5.74, 6) is -0.410. The molecule has 0 aliphatic carbocycles. The fraction of sp³-hybridized carbons (Fsp3) is 0.214. The molecule has 0 bridgehead atoms. The van der Waals surface area contributed by atoms with Gasteiger partial charge >= 0.3 is 5.97 Å². The van der Waals surface area contributed by atoms with E-state index in [2.05, 4.69) is 5.32 Å². The first kappa shape index (κ1) is 13.0. The average molecular weight is 260 g/mol. The molecule has 5 heteroatoms. The van der Waals surface area contributed by atoms with Crippen molar-refractivity contribution in [2.24, 2.45) is 0 Å². The predicted octanol–water partition coefficient (Wildman–Crippen LogP) is 2.65. The number of ether oxygens (including phenoxy) is 1. The highest BCUT2D eigenvalue weighted by Crippen LogP contribution is 2.24. The van der Waals surface area contributed by atoms with Crippen LogP contribution in [0.25, 0.3) is 0 Å². The normalized spacial score (nSPS) is 10.2. The lowest BCUT2D eigenvalue weighted by Crippen LogP contribution is -2.10. The second-order valence-corrected chi connectivity index (χ2v) is 3.97. The number of anilines is 2. The average Bonchev–Trinajstić information content (AvgIpc) is 2.91. The van der Waals surface area contributed by atoms with Gasteiger partial charge in [0.05, 0.1) is 36.1 Å². The molecular weight excluding hydrogens is 244 g/mol. The number of benzene rings is 1. The number of para-hydroxylation sites is 1. The van der Waals surface area contributed by atoms with Gasteiger partial charge in [-0.1, -0.05) is 6.07 Å². The first-order chi connectivity index (χ1) is 9.22. The molecule has 5 nitrogen and oxygen atoms in total. The summed E-state index contributed by atoms with van der Waals surface area (Å²) in [6.45, 7) is 2.66. The SMILES string of the molecule is CCOC(=O)c1cccc(NCc2ccoc2)c1N. The van der Waals surface area contributed by atoms with Crippen molar-refractivity contribution in [3.8, 4) is 0 Å². The lowest BCUT2D eigenvalue weighted by molar-refractivity contribution is 0.0527. The highest BCUT2D eigenvalue weighted by molar-refractivity contribution is 5.98. The van der Waals surface area contributed by atoms with Gasteiger partial charge in [0.15, 0.2) is 0 Å². The number of nitrogens with one attached hydrogen (secondary N) is 1. The first-order valence-electron chi connectivity index (χ1n) is 6.03. The number of hydrogen-bond donors (Lipinski definition) is 2. The summed E-state index contributed by atoms with van der Waals surface area (Å²) in [4.78, 5) is 11.7. The summed E-state index contributed by atoms with van der Waals surface area (Å²) in [5, 5.41) is 3.16. The second kappa shape index (κ2) is 5.95. The largest absolute Gasteiger partial charge is 0.472 e. The molecule has 0 atom stereocenters. The van der Waals surface area contributed by atoms with Gasteiger partial charge in [-0.2, -0.15) is 0 Å². The maximum absolute atomic E-state index is 11.7. The molecule has 0 radical (unpaired) electrons. The molecule has 100 valence electrons. The highest BCUT2D eigenvalue weighted by Gasteiger charge is 2.13. The Morgan fingerprint density at radius 1 is 1.42 bits per heavy atom. The van der Waals surface area contributed by atoms with Crippen LogP contribution in [0, 0.1) is 0 Å². The van der Waals surface area contributed by atoms with Gasteiger partial charge in [-0.05, 0) is 25.1 Å². The fourth-order valence-corrected chi connectivity index (χ4v) is 1.70. The first-order valence-corrected chi connectivity index (χ1v) is 6.03. The summed E-state index contributed by atoms with van der Waals surface area (Å²) in [5.41, 5.74) is 8.44. The van der Waals surface area contributed by atoms with E-state index in [-0.39, 0.29) is 0 Å². The molecule has 0 aliphatic heterocycles. The number of hydrogen-bond acceptors (Lipinski definition) is 5. The number of esters is 1. The van der Waals surface area contributed by atoms with Crippen molar-refractivity contribution in [2.75, 3.05) is 17.7 Å². The van der Waals surface area contributed by atoms with Crippen molar-refractivity contribution in [3.63, 3.8) is 0 Å². The van der Waals surface area contributed by atoms with Crippen LogP contribution in [0.15, 0.2) is 41.2 Å². The number of nitrogens with two attached hydrogens (primary N) is 1. The van der Waals surface area contributed by atoms with E-state index < -0.39 is 5.97 Å². The van der Waals surface area contributed by atoms with Crippen molar-refractivity contribution < 1.29 is 13.9 Å². The Kier molecular flexibility index (Phi) is 4.07. The Bertz CT molecular complexity index is 550. The van der Waals surface area contributed by atoms with E-state index in [0.717, 1.165) is 5.56 Å². The Labute approximate surface area is 111 Å². The molecule has 0 aliphatic rings. The maximum atomic E-state index is 11.7. The van der Waals surface area contributed by atoms with Crippen molar-refractivity contribution in [1.82, 2.24) is 0 Å². The van der Waals surface area contributed by atoms with Crippen molar-refractivity contribution >= 4 is 17.3 Å². The fourth-order valence-electron chi connectivity index (χ4n) is 1.70. The van der Waals surface area contributed by atoms with E-state index in [1.54, 1.807) is 31.6 Å². The minimum atomic E-state index is -0.410. The molecule has 19 heavy (non-hydrogen) atoms. The lowest BCUT2D eigenvalue weighted by Gasteiger charge is -2.11. The minimum absolute atomic E-state index is 0.324. The van der Waals surface area contributed by atoms with Gasteiger partial charge in [-0.15, -0.1) is 0 Å². The Morgan fingerprint density at radius 2 is 2.26 bits per heavy atom. The van der Waals surface area contributed by atoms with Gasteiger partial charge in [0.25, 0.3) is 0 Å². The number of carbonyl (C=O) groups excluding carboxylic acids is 1. The minimum Gasteiger partial charge on any atom is -0.472 e. The van der Waals surface area contributed by atoms with Crippen LogP contribution in [0.3, 0.4) is 0 Å². The van der Waals surface area contributed by atoms with E-state index in [1.165, 1.54) is 0 Å². The molecule has 2 rings (SSSR count). The summed E-state index contributed by atoms with van der Waals surface area (Å²) in [6, 6.07) is 7.09. The van der Waals surface area contributed by atoms with E-state index >= 15 is 0 Å². The van der Waals surface area contributed by atoms with Crippen LogP contribution in [0.5, 0.6) is 0 Å². The molecule has 0 fully saturated rings. The monoisotopic (exact) mass is 260 g/mol. The zero-order valence-electron chi connectivity index (χ0n) is 10.7. The second-order valence-electron chi connectivity index (χ2n) is 3.97. The van der Waals surface area contributed by atoms with E-state index in [4.69, 9.17) is 14.9 Å². The van der Waals surface area contributed by atoms with Crippen molar-refractivity contribution in [3.05, 3.63) is 47.9 Å². The quantitative estimate of drug-likeness (QED) is 0.638. The van der Waals surface area contributed by atoms with Crippen LogP contribution >= 0.6 is 0 Å². The summed E-state index contributed by atoms with van der Waals surface area (Å²) < 4.78 is 9.93. The topological polar surface area (TPSA) is 77.5 Å². The van der Waals surface area contributed by atoms with Crippen LogP contribution in [0.4, 0.5) is 11.4 Å². The van der Waals surface area contributed by atoms with Gasteiger partial charge in [0.2, 0.25) is 0 Å². The van der Waals surface area contributed by atoms with Gasteiger partial charge in [0, 0.05) is 12.1 Å². The highest BCUT2D eigenvalue weighted by atomic mass is 16.5. The smallest absolute Gasteiger partial charge is 0.340 e.